The van der Waals surface area contributed by atoms with Crippen molar-refractivity contribution in [2.45, 2.75) is 38.3 Å². The maximum atomic E-state index is 12.4. The lowest BCUT2D eigenvalue weighted by Gasteiger charge is -2.37. The molecule has 1 saturated heterocycles. The Balaban J connectivity index is 1.35. The van der Waals surface area contributed by atoms with Crippen LogP contribution in [0.4, 0.5) is 0 Å². The number of amides is 3. The third-order valence-corrected chi connectivity index (χ3v) is 5.18. The summed E-state index contributed by atoms with van der Waals surface area (Å²) in [6.07, 6.45) is 2.46. The summed E-state index contributed by atoms with van der Waals surface area (Å²) in [5.74, 6) is -0.0392. The lowest BCUT2D eigenvalue weighted by molar-refractivity contribution is -0.134. The molecule has 2 fully saturated rings. The van der Waals surface area contributed by atoms with E-state index in [0.717, 1.165) is 12.8 Å². The first-order chi connectivity index (χ1) is 13.0. The summed E-state index contributed by atoms with van der Waals surface area (Å²) in [5, 5.41) is 5.82. The second kappa shape index (κ2) is 8.99. The highest BCUT2D eigenvalue weighted by atomic mass is 16.2. The highest BCUT2D eigenvalue weighted by Crippen LogP contribution is 2.19. The first kappa shape index (κ1) is 19.4. The van der Waals surface area contributed by atoms with Crippen molar-refractivity contribution in [3.05, 3.63) is 35.9 Å². The number of piperazine rings is 1. The van der Waals surface area contributed by atoms with Crippen molar-refractivity contribution in [1.29, 1.82) is 0 Å². The molecule has 3 rings (SSSR count). The van der Waals surface area contributed by atoms with E-state index in [1.54, 1.807) is 12.1 Å². The normalized spacial score (nSPS) is 18.6. The molecule has 1 unspecified atom stereocenters. The minimum absolute atomic E-state index is 0.0399. The maximum Gasteiger partial charge on any atom is 0.251 e. The van der Waals surface area contributed by atoms with Crippen LogP contribution in [-0.4, -0.2) is 72.3 Å². The van der Waals surface area contributed by atoms with Crippen molar-refractivity contribution >= 4 is 17.7 Å². The van der Waals surface area contributed by atoms with Gasteiger partial charge in [-0.1, -0.05) is 18.2 Å². The average molecular weight is 372 g/mol. The van der Waals surface area contributed by atoms with Crippen LogP contribution in [0.3, 0.4) is 0 Å². The molecule has 7 heteroatoms. The summed E-state index contributed by atoms with van der Waals surface area (Å²) in [6, 6.07) is 9.18. The van der Waals surface area contributed by atoms with Crippen molar-refractivity contribution in [3.8, 4) is 0 Å². The largest absolute Gasteiger partial charge is 0.352 e. The number of benzene rings is 1. The third kappa shape index (κ3) is 5.53. The van der Waals surface area contributed by atoms with E-state index < -0.39 is 0 Å². The zero-order chi connectivity index (χ0) is 19.2. The van der Waals surface area contributed by atoms with E-state index in [2.05, 4.69) is 15.5 Å². The van der Waals surface area contributed by atoms with Gasteiger partial charge in [-0.3, -0.25) is 19.3 Å². The maximum absolute atomic E-state index is 12.4. The second-order valence-corrected chi connectivity index (χ2v) is 7.25. The van der Waals surface area contributed by atoms with Gasteiger partial charge in [-0.15, -0.1) is 0 Å². The second-order valence-electron chi connectivity index (χ2n) is 7.25. The summed E-state index contributed by atoms with van der Waals surface area (Å²) in [6.45, 7) is 4.88. The predicted molar refractivity (Wildman–Crippen MR) is 102 cm³/mol. The highest BCUT2D eigenvalue weighted by Gasteiger charge is 2.30. The highest BCUT2D eigenvalue weighted by molar-refractivity contribution is 5.94. The topological polar surface area (TPSA) is 81.8 Å². The summed E-state index contributed by atoms with van der Waals surface area (Å²) in [4.78, 5) is 40.4. The van der Waals surface area contributed by atoms with Crippen LogP contribution >= 0.6 is 0 Å². The zero-order valence-electron chi connectivity index (χ0n) is 15.8. The number of carbonyl (C=O) groups is 3. The van der Waals surface area contributed by atoms with Crippen LogP contribution in [0.5, 0.6) is 0 Å². The molecule has 1 aromatic rings. The van der Waals surface area contributed by atoms with Gasteiger partial charge in [-0.2, -0.15) is 0 Å². The molecule has 146 valence electrons. The fourth-order valence-electron chi connectivity index (χ4n) is 3.21. The Morgan fingerprint density at radius 2 is 1.74 bits per heavy atom. The van der Waals surface area contributed by atoms with Crippen LogP contribution < -0.4 is 10.6 Å². The van der Waals surface area contributed by atoms with Gasteiger partial charge in [0, 0.05) is 50.7 Å². The molecule has 1 aliphatic carbocycles. The fraction of sp³-hybridized carbons (Fsp3) is 0.550. The van der Waals surface area contributed by atoms with Crippen LogP contribution in [-0.2, 0) is 9.59 Å². The molecule has 7 nitrogen and oxygen atoms in total. The Hall–Kier alpha value is -2.41. The Morgan fingerprint density at radius 3 is 2.37 bits per heavy atom. The zero-order valence-corrected chi connectivity index (χ0v) is 15.8. The number of hydrogen-bond acceptors (Lipinski definition) is 4. The minimum Gasteiger partial charge on any atom is -0.352 e. The van der Waals surface area contributed by atoms with Gasteiger partial charge < -0.3 is 15.5 Å². The molecule has 1 saturated carbocycles. The van der Waals surface area contributed by atoms with Crippen molar-refractivity contribution in [1.82, 2.24) is 20.4 Å². The van der Waals surface area contributed by atoms with Crippen LogP contribution in [0.15, 0.2) is 30.3 Å². The molecule has 2 N–H and O–H groups in total. The summed E-state index contributed by atoms with van der Waals surface area (Å²) in [7, 11) is 0. The van der Waals surface area contributed by atoms with E-state index in [9.17, 15) is 14.4 Å². The van der Waals surface area contributed by atoms with Crippen molar-refractivity contribution in [3.63, 3.8) is 0 Å². The lowest BCUT2D eigenvalue weighted by atomic mass is 10.2. The van der Waals surface area contributed by atoms with E-state index >= 15 is 0 Å². The van der Waals surface area contributed by atoms with Gasteiger partial charge in [0.1, 0.15) is 0 Å². The number of carbonyl (C=O) groups excluding carboxylic acids is 3. The quantitative estimate of drug-likeness (QED) is 0.735. The van der Waals surface area contributed by atoms with E-state index in [-0.39, 0.29) is 30.2 Å². The molecular weight excluding hydrogens is 344 g/mol. The first-order valence-electron chi connectivity index (χ1n) is 9.70. The predicted octanol–water partition coefficient (Wildman–Crippen LogP) is 0.618. The molecule has 1 atom stereocenters. The van der Waals surface area contributed by atoms with Crippen molar-refractivity contribution < 1.29 is 14.4 Å². The van der Waals surface area contributed by atoms with Gasteiger partial charge in [0.25, 0.3) is 5.91 Å². The summed E-state index contributed by atoms with van der Waals surface area (Å²) >= 11 is 0. The van der Waals surface area contributed by atoms with E-state index in [1.165, 1.54) is 0 Å². The molecule has 1 aromatic carbocycles. The van der Waals surface area contributed by atoms with Crippen LogP contribution in [0, 0.1) is 0 Å². The summed E-state index contributed by atoms with van der Waals surface area (Å²) in [5.41, 5.74) is 0.594. The molecular formula is C20H28N4O3. The SMILES string of the molecule is CC(C(=O)NC1CC1)N1CCN(C(=O)CCNC(=O)c2ccccc2)CC1. The Labute approximate surface area is 160 Å². The molecule has 3 amide bonds. The molecule has 2 aliphatic rings. The van der Waals surface area contributed by atoms with Crippen LogP contribution in [0.1, 0.15) is 36.5 Å². The average Bonchev–Trinajstić information content (AvgIpc) is 3.52. The minimum atomic E-state index is -0.163. The summed E-state index contributed by atoms with van der Waals surface area (Å²) < 4.78 is 0. The number of rotatable bonds is 7. The Kier molecular flexibility index (Phi) is 6.45. The Morgan fingerprint density at radius 1 is 1.07 bits per heavy atom. The molecule has 27 heavy (non-hydrogen) atoms. The Bertz CT molecular complexity index is 667. The molecule has 0 radical (unpaired) electrons. The van der Waals surface area contributed by atoms with Gasteiger partial charge in [0.05, 0.1) is 6.04 Å². The smallest absolute Gasteiger partial charge is 0.251 e. The van der Waals surface area contributed by atoms with E-state index in [0.29, 0.717) is 44.3 Å². The van der Waals surface area contributed by atoms with Gasteiger partial charge >= 0.3 is 0 Å². The molecule has 1 heterocycles. The van der Waals surface area contributed by atoms with Gasteiger partial charge in [-0.25, -0.2) is 0 Å². The number of hydrogen-bond donors (Lipinski definition) is 2. The molecule has 1 aliphatic heterocycles. The molecule has 0 spiro atoms. The van der Waals surface area contributed by atoms with Gasteiger partial charge in [-0.05, 0) is 31.9 Å². The van der Waals surface area contributed by atoms with E-state index in [1.807, 2.05) is 30.0 Å². The van der Waals surface area contributed by atoms with Crippen molar-refractivity contribution in [2.24, 2.45) is 0 Å². The molecule has 0 bridgehead atoms. The lowest BCUT2D eigenvalue weighted by Crippen LogP contribution is -2.55. The van der Waals surface area contributed by atoms with Crippen LogP contribution in [0.2, 0.25) is 0 Å². The van der Waals surface area contributed by atoms with Crippen LogP contribution in [0.25, 0.3) is 0 Å². The fourth-order valence-corrected chi connectivity index (χ4v) is 3.21. The molecule has 0 aromatic heterocycles. The van der Waals surface area contributed by atoms with Gasteiger partial charge in [0.15, 0.2) is 0 Å². The monoisotopic (exact) mass is 372 g/mol. The van der Waals surface area contributed by atoms with Crippen molar-refractivity contribution in [2.75, 3.05) is 32.7 Å². The third-order valence-electron chi connectivity index (χ3n) is 5.18. The number of nitrogens with zero attached hydrogens (tertiary/aromatic N) is 2. The standard InChI is InChI=1S/C20H28N4O3/c1-15(19(26)22-17-7-8-17)23-11-13-24(14-12-23)18(25)9-10-21-20(27)16-5-3-2-4-6-16/h2-6,15,17H,7-14H2,1H3,(H,21,27)(H,22,26). The number of nitrogens with one attached hydrogen (secondary N) is 2. The van der Waals surface area contributed by atoms with Gasteiger partial charge in [0.2, 0.25) is 11.8 Å². The van der Waals surface area contributed by atoms with E-state index in [4.69, 9.17) is 0 Å². The first-order valence-corrected chi connectivity index (χ1v) is 9.70.